The number of hydrogen-bond acceptors (Lipinski definition) is 5. The molecule has 0 saturated heterocycles. The summed E-state index contributed by atoms with van der Waals surface area (Å²) in [4.78, 5) is 17.8. The highest BCUT2D eigenvalue weighted by atomic mass is 32.1. The highest BCUT2D eigenvalue weighted by Crippen LogP contribution is 2.21. The van der Waals surface area contributed by atoms with E-state index in [9.17, 15) is 4.79 Å². The maximum Gasteiger partial charge on any atom is 0.272 e. The van der Waals surface area contributed by atoms with Crippen LogP contribution < -0.4 is 5.32 Å². The summed E-state index contributed by atoms with van der Waals surface area (Å²) in [5.41, 5.74) is 2.07. The van der Waals surface area contributed by atoms with Crippen LogP contribution in [-0.2, 0) is 13.0 Å². The fourth-order valence-electron chi connectivity index (χ4n) is 2.32. The van der Waals surface area contributed by atoms with Crippen molar-refractivity contribution in [2.45, 2.75) is 33.7 Å². The molecular weight excluding hydrogens is 312 g/mol. The van der Waals surface area contributed by atoms with Gasteiger partial charge in [-0.2, -0.15) is 5.10 Å². The van der Waals surface area contributed by atoms with Gasteiger partial charge in [0.1, 0.15) is 11.5 Å². The van der Waals surface area contributed by atoms with Crippen LogP contribution in [0.2, 0.25) is 0 Å². The summed E-state index contributed by atoms with van der Waals surface area (Å²) in [6.45, 7) is 6.37. The number of aryl methyl sites for hydroxylation is 3. The number of carbonyl (C=O) groups is 1. The largest absolute Gasteiger partial charge is 0.460 e. The van der Waals surface area contributed by atoms with Gasteiger partial charge in [0.05, 0.1) is 17.2 Å². The van der Waals surface area contributed by atoms with E-state index in [1.807, 2.05) is 26.0 Å². The molecule has 0 aliphatic carbocycles. The number of rotatable bonds is 5. The highest BCUT2D eigenvalue weighted by molar-refractivity contribution is 7.11. The van der Waals surface area contributed by atoms with Crippen LogP contribution in [0, 0.1) is 13.8 Å². The fourth-order valence-corrected chi connectivity index (χ4v) is 3.29. The summed E-state index contributed by atoms with van der Waals surface area (Å²) < 4.78 is 5.52. The molecular formula is C16H18N4O2S. The van der Waals surface area contributed by atoms with E-state index in [1.54, 1.807) is 17.4 Å². The van der Waals surface area contributed by atoms with Gasteiger partial charge in [0.15, 0.2) is 11.5 Å². The third kappa shape index (κ3) is 3.34. The lowest BCUT2D eigenvalue weighted by Gasteiger charge is -2.02. The maximum absolute atomic E-state index is 12.2. The normalized spacial score (nSPS) is 10.9. The predicted octanol–water partition coefficient (Wildman–Crippen LogP) is 3.24. The molecule has 0 bridgehead atoms. The van der Waals surface area contributed by atoms with Gasteiger partial charge >= 0.3 is 0 Å². The van der Waals surface area contributed by atoms with E-state index >= 15 is 0 Å². The minimum Gasteiger partial charge on any atom is -0.460 e. The van der Waals surface area contributed by atoms with Crippen molar-refractivity contribution in [3.05, 3.63) is 45.2 Å². The smallest absolute Gasteiger partial charge is 0.272 e. The van der Waals surface area contributed by atoms with Crippen LogP contribution in [0.3, 0.4) is 0 Å². The van der Waals surface area contributed by atoms with Gasteiger partial charge in [-0.15, -0.1) is 11.3 Å². The summed E-state index contributed by atoms with van der Waals surface area (Å²) >= 11 is 1.61. The SMILES string of the molecule is CCc1nc(C)sc1CNC(=O)c1cc(-c2ccc(C)o2)[nH]n1. The molecule has 0 radical (unpaired) electrons. The third-order valence-electron chi connectivity index (χ3n) is 3.45. The van der Waals surface area contributed by atoms with Gasteiger partial charge in [-0.1, -0.05) is 6.92 Å². The summed E-state index contributed by atoms with van der Waals surface area (Å²) in [7, 11) is 0. The van der Waals surface area contributed by atoms with Crippen LogP contribution in [0.25, 0.3) is 11.5 Å². The molecule has 0 fully saturated rings. The summed E-state index contributed by atoms with van der Waals surface area (Å²) in [5, 5.41) is 10.8. The molecule has 2 N–H and O–H groups in total. The molecule has 120 valence electrons. The molecule has 7 heteroatoms. The van der Waals surface area contributed by atoms with E-state index in [0.29, 0.717) is 23.7 Å². The summed E-state index contributed by atoms with van der Waals surface area (Å²) in [5.74, 6) is 1.26. The lowest BCUT2D eigenvalue weighted by molar-refractivity contribution is 0.0946. The van der Waals surface area contributed by atoms with Crippen molar-refractivity contribution >= 4 is 17.2 Å². The number of aromatic nitrogens is 3. The number of aromatic amines is 1. The minimum atomic E-state index is -0.219. The van der Waals surface area contributed by atoms with Crippen LogP contribution in [0.1, 0.15) is 38.8 Å². The van der Waals surface area contributed by atoms with Crippen molar-refractivity contribution in [2.24, 2.45) is 0 Å². The van der Waals surface area contributed by atoms with Gasteiger partial charge in [-0.3, -0.25) is 9.89 Å². The fraction of sp³-hybridized carbons (Fsp3) is 0.312. The van der Waals surface area contributed by atoms with Crippen LogP contribution in [0.15, 0.2) is 22.6 Å². The molecule has 3 heterocycles. The minimum absolute atomic E-state index is 0.219. The average molecular weight is 330 g/mol. The van der Waals surface area contributed by atoms with E-state index in [4.69, 9.17) is 4.42 Å². The zero-order valence-electron chi connectivity index (χ0n) is 13.3. The van der Waals surface area contributed by atoms with Crippen LogP contribution in [0.5, 0.6) is 0 Å². The van der Waals surface area contributed by atoms with Crippen molar-refractivity contribution in [1.82, 2.24) is 20.5 Å². The van der Waals surface area contributed by atoms with E-state index in [1.165, 1.54) is 0 Å². The number of thiazole rings is 1. The highest BCUT2D eigenvalue weighted by Gasteiger charge is 2.14. The van der Waals surface area contributed by atoms with Gasteiger partial charge in [-0.05, 0) is 32.4 Å². The van der Waals surface area contributed by atoms with Gasteiger partial charge in [0, 0.05) is 10.9 Å². The van der Waals surface area contributed by atoms with E-state index in [0.717, 1.165) is 27.8 Å². The number of furan rings is 1. The lowest BCUT2D eigenvalue weighted by atomic mass is 10.2. The Balaban J connectivity index is 1.68. The summed E-state index contributed by atoms with van der Waals surface area (Å²) in [6, 6.07) is 5.40. The molecule has 0 atom stereocenters. The van der Waals surface area contributed by atoms with Gasteiger partial charge in [-0.25, -0.2) is 4.98 Å². The average Bonchev–Trinajstić information content (AvgIpc) is 3.23. The molecule has 0 aromatic carbocycles. The number of amides is 1. The van der Waals surface area contributed by atoms with Gasteiger partial charge in [0.25, 0.3) is 5.91 Å². The Morgan fingerprint density at radius 3 is 2.91 bits per heavy atom. The summed E-state index contributed by atoms with van der Waals surface area (Å²) in [6.07, 6.45) is 0.861. The second-order valence-electron chi connectivity index (χ2n) is 5.22. The van der Waals surface area contributed by atoms with Crippen LogP contribution >= 0.6 is 11.3 Å². The van der Waals surface area contributed by atoms with Crippen LogP contribution in [-0.4, -0.2) is 21.1 Å². The first-order valence-electron chi connectivity index (χ1n) is 7.42. The molecule has 23 heavy (non-hydrogen) atoms. The lowest BCUT2D eigenvalue weighted by Crippen LogP contribution is -2.23. The standard InChI is InChI=1S/C16H18N4O2S/c1-4-11-15(23-10(3)18-11)8-17-16(21)13-7-12(19-20-13)14-6-5-9(2)22-14/h5-7H,4,8H2,1-3H3,(H,17,21)(H,19,20). The number of H-pyrrole nitrogens is 1. The number of nitrogens with one attached hydrogen (secondary N) is 2. The zero-order chi connectivity index (χ0) is 16.4. The Morgan fingerprint density at radius 2 is 2.22 bits per heavy atom. The molecule has 6 nitrogen and oxygen atoms in total. The molecule has 3 aromatic heterocycles. The first-order chi connectivity index (χ1) is 11.1. The Bertz CT molecular complexity index is 831. The van der Waals surface area contributed by atoms with Crippen molar-refractivity contribution in [3.63, 3.8) is 0 Å². The predicted molar refractivity (Wildman–Crippen MR) is 88.4 cm³/mol. The topological polar surface area (TPSA) is 83.8 Å². The van der Waals surface area contributed by atoms with Crippen molar-refractivity contribution in [1.29, 1.82) is 0 Å². The molecule has 0 saturated carbocycles. The molecule has 3 aromatic rings. The van der Waals surface area contributed by atoms with Crippen LogP contribution in [0.4, 0.5) is 0 Å². The number of hydrogen-bond donors (Lipinski definition) is 2. The third-order valence-corrected chi connectivity index (χ3v) is 4.46. The Morgan fingerprint density at radius 1 is 1.39 bits per heavy atom. The maximum atomic E-state index is 12.2. The molecule has 0 unspecified atom stereocenters. The zero-order valence-corrected chi connectivity index (χ0v) is 14.1. The first kappa shape index (κ1) is 15.5. The van der Waals surface area contributed by atoms with E-state index in [-0.39, 0.29) is 5.91 Å². The van der Waals surface area contributed by atoms with E-state index < -0.39 is 0 Å². The Hall–Kier alpha value is -2.41. The van der Waals surface area contributed by atoms with Gasteiger partial charge in [0.2, 0.25) is 0 Å². The molecule has 1 amide bonds. The van der Waals surface area contributed by atoms with Gasteiger partial charge < -0.3 is 9.73 Å². The second-order valence-corrected chi connectivity index (χ2v) is 6.50. The molecule has 3 rings (SSSR count). The number of carbonyl (C=O) groups excluding carboxylic acids is 1. The second kappa shape index (κ2) is 6.37. The molecule has 0 aliphatic heterocycles. The van der Waals surface area contributed by atoms with Crippen molar-refractivity contribution in [2.75, 3.05) is 0 Å². The molecule has 0 aliphatic rings. The molecule has 0 spiro atoms. The van der Waals surface area contributed by atoms with Crippen molar-refractivity contribution < 1.29 is 9.21 Å². The quantitative estimate of drug-likeness (QED) is 0.752. The monoisotopic (exact) mass is 330 g/mol. The van der Waals surface area contributed by atoms with E-state index in [2.05, 4.69) is 27.4 Å². The van der Waals surface area contributed by atoms with Crippen molar-refractivity contribution in [3.8, 4) is 11.5 Å². The first-order valence-corrected chi connectivity index (χ1v) is 8.24. The Kier molecular flexibility index (Phi) is 4.29. The Labute approximate surface area is 137 Å². The number of nitrogens with zero attached hydrogens (tertiary/aromatic N) is 2.